The molecule has 0 aromatic rings. The Bertz CT molecular complexity index is 168. The minimum atomic E-state index is 0.467. The van der Waals surface area contributed by atoms with E-state index in [1.807, 2.05) is 19.1 Å². The molecule has 0 radical (unpaired) electrons. The molecule has 62 valence electrons. The number of hydrogen-bond donors (Lipinski definition) is 0. The van der Waals surface area contributed by atoms with Crippen molar-refractivity contribution in [1.82, 2.24) is 5.12 Å². The van der Waals surface area contributed by atoms with E-state index < -0.39 is 0 Å². The van der Waals surface area contributed by atoms with Crippen LogP contribution in [0.15, 0.2) is 36.6 Å². The van der Waals surface area contributed by atoms with Gasteiger partial charge < -0.3 is 0 Å². The Hall–Kier alpha value is -1.05. The van der Waals surface area contributed by atoms with Gasteiger partial charge in [-0.25, -0.2) is 5.12 Å². The smallest absolute Gasteiger partial charge is 0.0678 e. The van der Waals surface area contributed by atoms with E-state index in [0.29, 0.717) is 10.8 Å². The second kappa shape index (κ2) is 5.71. The summed E-state index contributed by atoms with van der Waals surface area (Å²) in [4.78, 5) is 0. The first-order valence-electron chi connectivity index (χ1n) is 3.61. The van der Waals surface area contributed by atoms with E-state index in [1.54, 1.807) is 6.08 Å². The fraction of sp³-hybridized carbons (Fsp3) is 0.333. The molecular weight excluding hydrogens is 141 g/mol. The maximum atomic E-state index is 12.5. The van der Waals surface area contributed by atoms with Crippen LogP contribution in [-0.2, 0) is 0 Å². The third-order valence-corrected chi connectivity index (χ3v) is 1.20. The molecule has 0 bridgehead atoms. The van der Waals surface area contributed by atoms with Gasteiger partial charge in [-0.3, -0.25) is 0 Å². The second-order valence-electron chi connectivity index (χ2n) is 2.11. The maximum Gasteiger partial charge on any atom is 0.0678 e. The summed E-state index contributed by atoms with van der Waals surface area (Å²) in [5, 5.41) is 0.535. The van der Waals surface area contributed by atoms with Gasteiger partial charge in [0.1, 0.15) is 0 Å². The van der Waals surface area contributed by atoms with Gasteiger partial charge in [0.25, 0.3) is 0 Å². The summed E-state index contributed by atoms with van der Waals surface area (Å²) in [7, 11) is 1.34. The lowest BCUT2D eigenvalue weighted by Crippen LogP contribution is -2.02. The Morgan fingerprint density at radius 3 is 2.64 bits per heavy atom. The zero-order valence-corrected chi connectivity index (χ0v) is 7.05. The molecule has 0 amide bonds. The predicted molar refractivity (Wildman–Crippen MR) is 46.6 cm³/mol. The van der Waals surface area contributed by atoms with Crippen LogP contribution in [-0.4, -0.2) is 12.2 Å². The van der Waals surface area contributed by atoms with Crippen LogP contribution in [0.1, 0.15) is 13.3 Å². The molecule has 0 aromatic carbocycles. The van der Waals surface area contributed by atoms with Crippen molar-refractivity contribution in [2.75, 3.05) is 7.05 Å². The molecule has 0 aliphatic heterocycles. The normalized spacial score (nSPS) is 12.1. The van der Waals surface area contributed by atoms with Crippen LogP contribution in [0.3, 0.4) is 0 Å². The molecule has 0 aliphatic rings. The van der Waals surface area contributed by atoms with E-state index in [-0.39, 0.29) is 0 Å². The molecule has 0 aromatic heterocycles. The Morgan fingerprint density at radius 1 is 1.64 bits per heavy atom. The SMILES string of the molecule is C=C/C(=C\C=C/CC)N(C)F. The van der Waals surface area contributed by atoms with E-state index in [4.69, 9.17) is 0 Å². The van der Waals surface area contributed by atoms with Gasteiger partial charge in [-0.15, -0.1) is 4.48 Å². The largest absolute Gasteiger partial charge is 0.215 e. The summed E-state index contributed by atoms with van der Waals surface area (Å²) < 4.78 is 12.5. The molecule has 11 heavy (non-hydrogen) atoms. The molecule has 0 spiro atoms. The van der Waals surface area contributed by atoms with E-state index in [9.17, 15) is 4.48 Å². The van der Waals surface area contributed by atoms with Crippen LogP contribution in [0.25, 0.3) is 0 Å². The van der Waals surface area contributed by atoms with Crippen molar-refractivity contribution in [3.05, 3.63) is 36.6 Å². The van der Waals surface area contributed by atoms with Crippen LogP contribution in [0.5, 0.6) is 0 Å². The van der Waals surface area contributed by atoms with E-state index in [1.165, 1.54) is 13.1 Å². The molecule has 0 aliphatic carbocycles. The van der Waals surface area contributed by atoms with E-state index >= 15 is 0 Å². The first kappa shape index (κ1) is 9.95. The third-order valence-electron chi connectivity index (χ3n) is 1.20. The molecule has 0 heterocycles. The number of allylic oxidation sites excluding steroid dienone is 4. The first-order chi connectivity index (χ1) is 5.22. The van der Waals surface area contributed by atoms with Crippen LogP contribution in [0.2, 0.25) is 0 Å². The minimum absolute atomic E-state index is 0.467. The monoisotopic (exact) mass is 155 g/mol. The van der Waals surface area contributed by atoms with Gasteiger partial charge >= 0.3 is 0 Å². The second-order valence-corrected chi connectivity index (χ2v) is 2.11. The highest BCUT2D eigenvalue weighted by Gasteiger charge is 1.93. The number of hydrogen-bond acceptors (Lipinski definition) is 1. The highest BCUT2D eigenvalue weighted by Crippen LogP contribution is 2.02. The molecule has 1 nitrogen and oxygen atoms in total. The summed E-state index contributed by atoms with van der Waals surface area (Å²) in [6.07, 6.45) is 7.87. The average Bonchev–Trinajstić information content (AvgIpc) is 1.97. The molecule has 0 N–H and O–H groups in total. The minimum Gasteiger partial charge on any atom is -0.215 e. The van der Waals surface area contributed by atoms with Crippen molar-refractivity contribution in [1.29, 1.82) is 0 Å². The van der Waals surface area contributed by atoms with Gasteiger partial charge in [-0.05, 0) is 18.6 Å². The standard InChI is InChI=1S/C9H14FN/c1-4-6-7-8-9(5-2)11(3)10/h5-8H,2,4H2,1,3H3/b7-6-,9-8+. The quantitative estimate of drug-likeness (QED) is 0.445. The Kier molecular flexibility index (Phi) is 5.17. The van der Waals surface area contributed by atoms with Crippen molar-refractivity contribution in [3.63, 3.8) is 0 Å². The lowest BCUT2D eigenvalue weighted by atomic mass is 10.3. The lowest BCUT2D eigenvalue weighted by Gasteiger charge is -2.05. The molecule has 2 heteroatoms. The van der Waals surface area contributed by atoms with E-state index in [0.717, 1.165) is 6.42 Å². The van der Waals surface area contributed by atoms with Crippen molar-refractivity contribution in [2.45, 2.75) is 13.3 Å². The predicted octanol–water partition coefficient (Wildman–Crippen LogP) is 2.84. The third kappa shape index (κ3) is 4.37. The average molecular weight is 155 g/mol. The Balaban J connectivity index is 4.12. The van der Waals surface area contributed by atoms with Gasteiger partial charge in [0, 0.05) is 7.05 Å². The molecular formula is C9H14FN. The number of likely N-dealkylation sites (N-methyl/N-ethyl adjacent to an activating group) is 1. The van der Waals surface area contributed by atoms with Crippen molar-refractivity contribution in [2.24, 2.45) is 0 Å². The van der Waals surface area contributed by atoms with Gasteiger partial charge in [0.05, 0.1) is 5.70 Å². The summed E-state index contributed by atoms with van der Waals surface area (Å²) >= 11 is 0. The van der Waals surface area contributed by atoms with Crippen molar-refractivity contribution >= 4 is 0 Å². The topological polar surface area (TPSA) is 3.24 Å². The van der Waals surface area contributed by atoms with Crippen LogP contribution < -0.4 is 0 Å². The highest BCUT2D eigenvalue weighted by atomic mass is 19.2. The van der Waals surface area contributed by atoms with Gasteiger partial charge in [-0.1, -0.05) is 25.7 Å². The summed E-state index contributed by atoms with van der Waals surface area (Å²) in [5.74, 6) is 0. The van der Waals surface area contributed by atoms with Crippen LogP contribution in [0, 0.1) is 0 Å². The molecule has 0 atom stereocenters. The number of halogens is 1. The van der Waals surface area contributed by atoms with Crippen LogP contribution >= 0.6 is 0 Å². The molecule has 0 rings (SSSR count). The fourth-order valence-electron chi connectivity index (χ4n) is 0.599. The molecule has 0 saturated carbocycles. The Labute approximate surface area is 67.5 Å². The lowest BCUT2D eigenvalue weighted by molar-refractivity contribution is 0.114. The molecule has 0 unspecified atom stereocenters. The van der Waals surface area contributed by atoms with Crippen molar-refractivity contribution in [3.8, 4) is 0 Å². The number of rotatable bonds is 4. The highest BCUT2D eigenvalue weighted by molar-refractivity contribution is 5.19. The summed E-state index contributed by atoms with van der Waals surface area (Å²) in [6, 6.07) is 0. The maximum absolute atomic E-state index is 12.5. The fourth-order valence-corrected chi connectivity index (χ4v) is 0.599. The zero-order chi connectivity index (χ0) is 8.69. The molecule has 0 saturated heterocycles. The van der Waals surface area contributed by atoms with Crippen molar-refractivity contribution < 1.29 is 4.48 Å². The summed E-state index contributed by atoms with van der Waals surface area (Å²) in [6.45, 7) is 5.50. The van der Waals surface area contributed by atoms with Gasteiger partial charge in [0.2, 0.25) is 0 Å². The van der Waals surface area contributed by atoms with E-state index in [2.05, 4.69) is 6.58 Å². The molecule has 0 fully saturated rings. The summed E-state index contributed by atoms with van der Waals surface area (Å²) in [5.41, 5.74) is 0.467. The van der Waals surface area contributed by atoms with Gasteiger partial charge in [0.15, 0.2) is 0 Å². The zero-order valence-electron chi connectivity index (χ0n) is 7.05. The first-order valence-corrected chi connectivity index (χ1v) is 3.61. The van der Waals surface area contributed by atoms with Crippen LogP contribution in [0.4, 0.5) is 4.48 Å². The van der Waals surface area contributed by atoms with Gasteiger partial charge in [-0.2, -0.15) is 0 Å². The Morgan fingerprint density at radius 2 is 2.27 bits per heavy atom. The number of nitrogens with zero attached hydrogens (tertiary/aromatic N) is 1.